The second kappa shape index (κ2) is 13.2. The van der Waals surface area contributed by atoms with Gasteiger partial charge in [0.1, 0.15) is 12.3 Å². The van der Waals surface area contributed by atoms with Crippen LogP contribution in [0.3, 0.4) is 0 Å². The van der Waals surface area contributed by atoms with Gasteiger partial charge in [-0.3, -0.25) is 24.4 Å². The summed E-state index contributed by atoms with van der Waals surface area (Å²) in [6, 6.07) is 0. The number of hydrogen-bond acceptors (Lipinski definition) is 6. The van der Waals surface area contributed by atoms with Gasteiger partial charge in [-0.1, -0.05) is 27.7 Å². The monoisotopic (exact) mass is 386 g/mol. The van der Waals surface area contributed by atoms with Gasteiger partial charge >= 0.3 is 5.97 Å². The molecule has 27 heavy (non-hydrogen) atoms. The van der Waals surface area contributed by atoms with Crippen LogP contribution in [-0.4, -0.2) is 41.9 Å². The van der Waals surface area contributed by atoms with Gasteiger partial charge in [-0.25, -0.2) is 5.48 Å². The van der Waals surface area contributed by atoms with Crippen LogP contribution in [0.4, 0.5) is 0 Å². The van der Waals surface area contributed by atoms with Crippen LogP contribution in [0.2, 0.25) is 0 Å². The van der Waals surface area contributed by atoms with Crippen LogP contribution in [0.25, 0.3) is 0 Å². The molecular weight excluding hydrogens is 352 g/mol. The van der Waals surface area contributed by atoms with E-state index in [9.17, 15) is 19.2 Å². The van der Waals surface area contributed by atoms with Gasteiger partial charge in [0.25, 0.3) is 0 Å². The molecule has 1 unspecified atom stereocenters. The van der Waals surface area contributed by atoms with Crippen molar-refractivity contribution in [2.45, 2.75) is 60.3 Å². The number of rotatable bonds is 13. The van der Waals surface area contributed by atoms with E-state index in [1.165, 1.54) is 0 Å². The first kappa shape index (κ1) is 25.0. The topological polar surface area (TPSA) is 122 Å². The van der Waals surface area contributed by atoms with E-state index in [-0.39, 0.29) is 49.5 Å². The van der Waals surface area contributed by atoms with Crippen molar-refractivity contribution in [3.8, 4) is 0 Å². The molecule has 0 saturated carbocycles. The number of nitrogens with one attached hydrogen (secondary N) is 2. The smallest absolute Gasteiger partial charge is 0.325 e. The van der Waals surface area contributed by atoms with E-state index in [1.807, 2.05) is 27.7 Å². The summed E-state index contributed by atoms with van der Waals surface area (Å²) in [5.74, 6) is -2.50. The van der Waals surface area contributed by atoms with Crippen molar-refractivity contribution < 1.29 is 29.1 Å². The van der Waals surface area contributed by atoms with E-state index in [4.69, 9.17) is 9.94 Å². The number of carbonyl (C=O) groups excluding carboxylic acids is 4. The van der Waals surface area contributed by atoms with E-state index in [1.54, 1.807) is 12.4 Å². The molecule has 0 saturated heterocycles. The van der Waals surface area contributed by atoms with Crippen LogP contribution in [0, 0.1) is 23.7 Å². The minimum atomic E-state index is -0.624. The Bertz CT molecular complexity index is 504. The highest BCUT2D eigenvalue weighted by molar-refractivity contribution is 5.91. The van der Waals surface area contributed by atoms with Gasteiger partial charge in [0.2, 0.25) is 11.8 Å². The van der Waals surface area contributed by atoms with Crippen molar-refractivity contribution in [3.05, 3.63) is 0 Å². The molecule has 0 aliphatic rings. The molecule has 3 N–H and O–H groups in total. The molecule has 0 aromatic rings. The normalized spacial score (nSPS) is 13.2. The second-order valence-corrected chi connectivity index (χ2v) is 7.59. The third-order valence-electron chi connectivity index (χ3n) is 4.05. The fraction of sp³-hybridized carbons (Fsp3) is 0.789. The number of Topliss-reactive ketones (excluding diaryl/α,β-unsaturated/α-hetero) is 1. The lowest BCUT2D eigenvalue weighted by Gasteiger charge is -2.22. The molecule has 2 amide bonds. The Kier molecular flexibility index (Phi) is 12.3. The molecule has 0 aliphatic heterocycles. The lowest BCUT2D eigenvalue weighted by Crippen LogP contribution is -2.38. The summed E-state index contributed by atoms with van der Waals surface area (Å²) >= 11 is 0. The molecule has 0 radical (unpaired) electrons. The Balaban J connectivity index is 5.04. The third kappa shape index (κ3) is 11.4. The van der Waals surface area contributed by atoms with Crippen molar-refractivity contribution >= 4 is 23.6 Å². The van der Waals surface area contributed by atoms with E-state index in [0.29, 0.717) is 12.8 Å². The van der Waals surface area contributed by atoms with E-state index in [2.05, 4.69) is 5.32 Å². The van der Waals surface area contributed by atoms with Gasteiger partial charge < -0.3 is 10.1 Å². The summed E-state index contributed by atoms with van der Waals surface area (Å²) in [6.45, 7) is 9.44. The van der Waals surface area contributed by atoms with Crippen LogP contribution in [0.15, 0.2) is 0 Å². The minimum absolute atomic E-state index is 0.0110. The molecule has 0 fully saturated rings. The van der Waals surface area contributed by atoms with Crippen molar-refractivity contribution in [2.24, 2.45) is 23.7 Å². The molecule has 0 aromatic heterocycles. The fourth-order valence-corrected chi connectivity index (χ4v) is 2.94. The Morgan fingerprint density at radius 3 is 1.96 bits per heavy atom. The first-order chi connectivity index (χ1) is 12.6. The van der Waals surface area contributed by atoms with Crippen molar-refractivity contribution in [1.82, 2.24) is 10.8 Å². The van der Waals surface area contributed by atoms with Crippen molar-refractivity contribution in [1.29, 1.82) is 0 Å². The molecule has 2 atom stereocenters. The number of carbonyl (C=O) groups is 4. The zero-order valence-corrected chi connectivity index (χ0v) is 17.0. The van der Waals surface area contributed by atoms with Gasteiger partial charge in [0, 0.05) is 24.7 Å². The van der Waals surface area contributed by atoms with Gasteiger partial charge in [0.05, 0.1) is 6.61 Å². The van der Waals surface area contributed by atoms with Crippen LogP contribution in [-0.2, 0) is 23.9 Å². The highest BCUT2D eigenvalue weighted by Gasteiger charge is 2.29. The van der Waals surface area contributed by atoms with E-state index in [0.717, 1.165) is 0 Å². The molecule has 0 aliphatic carbocycles. The van der Waals surface area contributed by atoms with Gasteiger partial charge in [-0.2, -0.15) is 0 Å². The maximum Gasteiger partial charge on any atom is 0.325 e. The van der Waals surface area contributed by atoms with Gasteiger partial charge in [-0.05, 0) is 31.6 Å². The standard InChI is InChI=1S/C19H34N2O6/c1-6-27-18(24)11-20-19(25)15(8-13(4)5)9-16(22)14(7-12(2)3)10-17(23)21-26/h12-15,26H,6-11H2,1-5H3,(H,20,25)(H,21,23)/t14?,15-/m1/s1. The first-order valence-corrected chi connectivity index (χ1v) is 9.49. The van der Waals surface area contributed by atoms with Crippen LogP contribution >= 0.6 is 0 Å². The summed E-state index contributed by atoms with van der Waals surface area (Å²) in [4.78, 5) is 48.1. The summed E-state index contributed by atoms with van der Waals surface area (Å²) in [5.41, 5.74) is 1.55. The maximum atomic E-state index is 12.7. The first-order valence-electron chi connectivity index (χ1n) is 9.49. The molecule has 8 nitrogen and oxygen atoms in total. The predicted molar refractivity (Wildman–Crippen MR) is 99.7 cm³/mol. The van der Waals surface area contributed by atoms with Crippen molar-refractivity contribution in [3.63, 3.8) is 0 Å². The Morgan fingerprint density at radius 2 is 1.48 bits per heavy atom. The largest absolute Gasteiger partial charge is 0.465 e. The number of ether oxygens (including phenoxy) is 1. The average Bonchev–Trinajstić information content (AvgIpc) is 2.57. The Hall–Kier alpha value is -1.96. The average molecular weight is 386 g/mol. The molecule has 0 bridgehead atoms. The molecular formula is C19H34N2O6. The van der Waals surface area contributed by atoms with E-state index >= 15 is 0 Å². The molecule has 0 aromatic carbocycles. The molecule has 0 rings (SSSR count). The SMILES string of the molecule is CCOC(=O)CNC(=O)[C@@H](CC(=O)C(CC(=O)NO)CC(C)C)CC(C)C. The van der Waals surface area contributed by atoms with Crippen molar-refractivity contribution in [2.75, 3.05) is 13.2 Å². The van der Waals surface area contributed by atoms with E-state index < -0.39 is 23.7 Å². The summed E-state index contributed by atoms with van der Waals surface area (Å²) in [7, 11) is 0. The van der Waals surface area contributed by atoms with Crippen LogP contribution in [0.5, 0.6) is 0 Å². The maximum absolute atomic E-state index is 12.7. The Labute approximate surface area is 161 Å². The number of hydrogen-bond donors (Lipinski definition) is 3. The summed E-state index contributed by atoms with van der Waals surface area (Å²) in [6.07, 6.45) is 0.849. The summed E-state index contributed by atoms with van der Waals surface area (Å²) in [5, 5.41) is 11.3. The van der Waals surface area contributed by atoms with Gasteiger partial charge in [-0.15, -0.1) is 0 Å². The highest BCUT2D eigenvalue weighted by atomic mass is 16.5. The number of ketones is 1. The van der Waals surface area contributed by atoms with Gasteiger partial charge in [0.15, 0.2) is 0 Å². The third-order valence-corrected chi connectivity index (χ3v) is 4.05. The molecule has 0 spiro atoms. The molecule has 156 valence electrons. The number of hydroxylamine groups is 1. The van der Waals surface area contributed by atoms with Crippen LogP contribution in [0.1, 0.15) is 60.3 Å². The number of esters is 1. The zero-order valence-electron chi connectivity index (χ0n) is 17.0. The lowest BCUT2D eigenvalue weighted by molar-refractivity contribution is -0.144. The molecule has 0 heterocycles. The lowest BCUT2D eigenvalue weighted by atomic mass is 9.83. The zero-order chi connectivity index (χ0) is 21.0. The minimum Gasteiger partial charge on any atom is -0.465 e. The quantitative estimate of drug-likeness (QED) is 0.252. The number of amides is 2. The second-order valence-electron chi connectivity index (χ2n) is 7.59. The van der Waals surface area contributed by atoms with Crippen LogP contribution < -0.4 is 10.8 Å². The fourth-order valence-electron chi connectivity index (χ4n) is 2.94. The molecule has 8 heteroatoms. The highest BCUT2D eigenvalue weighted by Crippen LogP contribution is 2.23. The summed E-state index contributed by atoms with van der Waals surface area (Å²) < 4.78 is 4.78. The Morgan fingerprint density at radius 1 is 0.926 bits per heavy atom. The predicted octanol–water partition coefficient (Wildman–Crippen LogP) is 1.84.